The molecule has 7 heteroatoms. The van der Waals surface area contributed by atoms with E-state index in [-0.39, 0.29) is 18.5 Å². The van der Waals surface area contributed by atoms with Gasteiger partial charge in [-0.3, -0.25) is 14.4 Å². The van der Waals surface area contributed by atoms with E-state index in [2.05, 4.69) is 10.6 Å². The SMILES string of the molecule is CCOc1ccccc1C(=O)NCC(=O)OC(C)C(=O)NC1CC1. The lowest BCUT2D eigenvalue weighted by Crippen LogP contribution is -2.39. The fraction of sp³-hybridized carbons (Fsp3) is 0.471. The van der Waals surface area contributed by atoms with Crippen molar-refractivity contribution in [3.63, 3.8) is 0 Å². The lowest BCUT2D eigenvalue weighted by Gasteiger charge is -2.14. The first-order valence-corrected chi connectivity index (χ1v) is 8.01. The van der Waals surface area contributed by atoms with Crippen molar-refractivity contribution in [2.45, 2.75) is 38.8 Å². The average molecular weight is 334 g/mol. The first kappa shape index (κ1) is 17.8. The van der Waals surface area contributed by atoms with Crippen LogP contribution in [0.3, 0.4) is 0 Å². The third kappa shape index (κ3) is 5.26. The molecule has 0 heterocycles. The Hall–Kier alpha value is -2.57. The van der Waals surface area contributed by atoms with Crippen molar-refractivity contribution in [1.29, 1.82) is 0 Å². The monoisotopic (exact) mass is 334 g/mol. The van der Waals surface area contributed by atoms with E-state index in [0.717, 1.165) is 12.8 Å². The Kier molecular flexibility index (Phi) is 6.17. The van der Waals surface area contributed by atoms with Crippen molar-refractivity contribution < 1.29 is 23.9 Å². The average Bonchev–Trinajstić information content (AvgIpc) is 3.37. The van der Waals surface area contributed by atoms with Crippen LogP contribution in [0, 0.1) is 0 Å². The van der Waals surface area contributed by atoms with Gasteiger partial charge in [0.15, 0.2) is 6.10 Å². The fourth-order valence-corrected chi connectivity index (χ4v) is 2.02. The van der Waals surface area contributed by atoms with Crippen LogP contribution in [0.25, 0.3) is 0 Å². The number of hydrogen-bond donors (Lipinski definition) is 2. The second-order valence-electron chi connectivity index (χ2n) is 5.53. The zero-order chi connectivity index (χ0) is 17.5. The molecule has 1 atom stereocenters. The third-order valence-electron chi connectivity index (χ3n) is 3.43. The summed E-state index contributed by atoms with van der Waals surface area (Å²) in [5.41, 5.74) is 0.340. The zero-order valence-electron chi connectivity index (χ0n) is 13.8. The number of benzene rings is 1. The molecule has 130 valence electrons. The molecule has 1 aliphatic rings. The van der Waals surface area contributed by atoms with Gasteiger partial charge in [-0.05, 0) is 38.8 Å². The summed E-state index contributed by atoms with van der Waals surface area (Å²) in [6.45, 7) is 3.43. The summed E-state index contributed by atoms with van der Waals surface area (Å²) in [5, 5.41) is 5.22. The number of esters is 1. The van der Waals surface area contributed by atoms with Crippen molar-refractivity contribution >= 4 is 17.8 Å². The van der Waals surface area contributed by atoms with E-state index in [9.17, 15) is 14.4 Å². The number of carbonyl (C=O) groups excluding carboxylic acids is 3. The summed E-state index contributed by atoms with van der Waals surface area (Å²) in [6.07, 6.45) is 1.04. The summed E-state index contributed by atoms with van der Waals surface area (Å²) in [6, 6.07) is 6.96. The summed E-state index contributed by atoms with van der Waals surface area (Å²) in [4.78, 5) is 35.6. The Morgan fingerprint density at radius 2 is 1.96 bits per heavy atom. The maximum Gasteiger partial charge on any atom is 0.326 e. The summed E-state index contributed by atoms with van der Waals surface area (Å²) >= 11 is 0. The van der Waals surface area contributed by atoms with Gasteiger partial charge >= 0.3 is 5.97 Å². The maximum absolute atomic E-state index is 12.1. The van der Waals surface area contributed by atoms with Crippen LogP contribution in [0.4, 0.5) is 0 Å². The van der Waals surface area contributed by atoms with E-state index in [1.165, 1.54) is 6.92 Å². The normalized spacial score (nSPS) is 14.4. The van der Waals surface area contributed by atoms with E-state index in [4.69, 9.17) is 9.47 Å². The Bertz CT molecular complexity index is 613. The van der Waals surface area contributed by atoms with Gasteiger partial charge in [-0.25, -0.2) is 0 Å². The van der Waals surface area contributed by atoms with E-state index >= 15 is 0 Å². The highest BCUT2D eigenvalue weighted by atomic mass is 16.5. The molecule has 0 radical (unpaired) electrons. The minimum atomic E-state index is -0.884. The quantitative estimate of drug-likeness (QED) is 0.693. The number of ether oxygens (including phenoxy) is 2. The number of para-hydroxylation sites is 1. The maximum atomic E-state index is 12.1. The van der Waals surface area contributed by atoms with Crippen LogP contribution in [-0.4, -0.2) is 43.1 Å². The molecule has 1 saturated carbocycles. The molecule has 0 bridgehead atoms. The molecule has 1 fully saturated rings. The van der Waals surface area contributed by atoms with Crippen LogP contribution in [0.2, 0.25) is 0 Å². The van der Waals surface area contributed by atoms with Gasteiger partial charge in [-0.15, -0.1) is 0 Å². The fourth-order valence-electron chi connectivity index (χ4n) is 2.02. The van der Waals surface area contributed by atoms with Crippen molar-refractivity contribution in [2.75, 3.05) is 13.2 Å². The largest absolute Gasteiger partial charge is 0.493 e. The van der Waals surface area contributed by atoms with Gasteiger partial charge in [-0.2, -0.15) is 0 Å². The Labute approximate surface area is 140 Å². The second kappa shape index (κ2) is 8.33. The molecule has 0 aromatic heterocycles. The molecule has 1 aromatic rings. The smallest absolute Gasteiger partial charge is 0.326 e. The highest BCUT2D eigenvalue weighted by Crippen LogP contribution is 2.19. The number of nitrogens with one attached hydrogen (secondary N) is 2. The van der Waals surface area contributed by atoms with Gasteiger partial charge in [0.2, 0.25) is 0 Å². The van der Waals surface area contributed by atoms with Crippen LogP contribution >= 0.6 is 0 Å². The molecule has 1 aromatic carbocycles. The third-order valence-corrected chi connectivity index (χ3v) is 3.43. The number of carbonyl (C=O) groups is 3. The van der Waals surface area contributed by atoms with Crippen LogP contribution in [0.5, 0.6) is 5.75 Å². The predicted octanol–water partition coefficient (Wildman–Crippen LogP) is 1.03. The minimum absolute atomic E-state index is 0.202. The van der Waals surface area contributed by atoms with Crippen LogP contribution in [-0.2, 0) is 14.3 Å². The lowest BCUT2D eigenvalue weighted by atomic mass is 10.2. The van der Waals surface area contributed by atoms with Gasteiger partial charge in [0.25, 0.3) is 11.8 Å². The van der Waals surface area contributed by atoms with Crippen LogP contribution < -0.4 is 15.4 Å². The second-order valence-corrected chi connectivity index (χ2v) is 5.53. The summed E-state index contributed by atoms with van der Waals surface area (Å²) < 4.78 is 10.4. The van der Waals surface area contributed by atoms with Crippen molar-refractivity contribution in [1.82, 2.24) is 10.6 Å². The molecular formula is C17H22N2O5. The zero-order valence-corrected chi connectivity index (χ0v) is 13.8. The molecule has 2 amide bonds. The van der Waals surface area contributed by atoms with E-state index in [1.807, 2.05) is 6.92 Å². The van der Waals surface area contributed by atoms with E-state index in [0.29, 0.717) is 17.9 Å². The van der Waals surface area contributed by atoms with E-state index in [1.54, 1.807) is 24.3 Å². The highest BCUT2D eigenvalue weighted by molar-refractivity contribution is 5.98. The van der Waals surface area contributed by atoms with Crippen LogP contribution in [0.1, 0.15) is 37.0 Å². The molecule has 0 saturated heterocycles. The Morgan fingerprint density at radius 1 is 1.25 bits per heavy atom. The molecular weight excluding hydrogens is 312 g/mol. The topological polar surface area (TPSA) is 93.7 Å². The van der Waals surface area contributed by atoms with Crippen molar-refractivity contribution in [2.24, 2.45) is 0 Å². The molecule has 0 aliphatic heterocycles. The Balaban J connectivity index is 1.80. The number of hydrogen-bond acceptors (Lipinski definition) is 5. The van der Waals surface area contributed by atoms with Gasteiger partial charge < -0.3 is 20.1 Å². The minimum Gasteiger partial charge on any atom is -0.493 e. The summed E-state index contributed by atoms with van der Waals surface area (Å²) in [7, 11) is 0. The number of rotatable bonds is 8. The molecule has 1 unspecified atom stereocenters. The van der Waals surface area contributed by atoms with Gasteiger partial charge in [-0.1, -0.05) is 12.1 Å². The molecule has 2 rings (SSSR count). The number of amides is 2. The highest BCUT2D eigenvalue weighted by Gasteiger charge is 2.27. The van der Waals surface area contributed by atoms with Crippen LogP contribution in [0.15, 0.2) is 24.3 Å². The molecule has 24 heavy (non-hydrogen) atoms. The molecule has 2 N–H and O–H groups in total. The molecule has 7 nitrogen and oxygen atoms in total. The Morgan fingerprint density at radius 3 is 2.62 bits per heavy atom. The standard InChI is InChI=1S/C17H22N2O5/c1-3-23-14-7-5-4-6-13(14)17(22)18-10-15(20)24-11(2)16(21)19-12-8-9-12/h4-7,11-12H,3,8-10H2,1-2H3,(H,18,22)(H,19,21). The first-order chi connectivity index (χ1) is 11.5. The van der Waals surface area contributed by atoms with Gasteiger partial charge in [0.05, 0.1) is 12.2 Å². The summed E-state index contributed by atoms with van der Waals surface area (Å²) in [5.74, 6) is -0.983. The van der Waals surface area contributed by atoms with Crippen molar-refractivity contribution in [3.05, 3.63) is 29.8 Å². The lowest BCUT2D eigenvalue weighted by molar-refractivity contribution is -0.153. The van der Waals surface area contributed by atoms with Crippen molar-refractivity contribution in [3.8, 4) is 5.75 Å². The van der Waals surface area contributed by atoms with E-state index < -0.39 is 18.0 Å². The van der Waals surface area contributed by atoms with Gasteiger partial charge in [0.1, 0.15) is 12.3 Å². The molecule has 0 spiro atoms. The first-order valence-electron chi connectivity index (χ1n) is 8.01. The molecule has 1 aliphatic carbocycles. The van der Waals surface area contributed by atoms with Gasteiger partial charge in [0, 0.05) is 6.04 Å². The predicted molar refractivity (Wildman–Crippen MR) is 86.7 cm³/mol.